The fourth-order valence-corrected chi connectivity index (χ4v) is 1.59. The minimum absolute atomic E-state index is 0.310. The molecule has 1 fully saturated rings. The number of likely N-dealkylation sites (tertiary alicyclic amines) is 1. The van der Waals surface area contributed by atoms with Crippen LogP contribution in [0.1, 0.15) is 26.7 Å². The summed E-state index contributed by atoms with van der Waals surface area (Å²) in [4.78, 5) is 2.44. The highest BCUT2D eigenvalue weighted by Crippen LogP contribution is 2.12. The van der Waals surface area contributed by atoms with Crippen LogP contribution in [-0.4, -0.2) is 35.2 Å². The lowest BCUT2D eigenvalue weighted by atomic mass is 10.2. The summed E-state index contributed by atoms with van der Waals surface area (Å²) in [5.41, 5.74) is 0. The molecule has 1 heterocycles. The van der Waals surface area contributed by atoms with Crippen molar-refractivity contribution in [1.82, 2.24) is 4.90 Å². The highest BCUT2D eigenvalue weighted by molar-refractivity contribution is 4.95. The Labute approximate surface area is 74.9 Å². The van der Waals surface area contributed by atoms with Crippen molar-refractivity contribution in [3.05, 3.63) is 12.2 Å². The van der Waals surface area contributed by atoms with Gasteiger partial charge in [0.25, 0.3) is 0 Å². The van der Waals surface area contributed by atoms with E-state index >= 15 is 0 Å². The normalized spacial score (nSPS) is 24.9. The predicted molar refractivity (Wildman–Crippen MR) is 51.1 cm³/mol. The molecule has 2 nitrogen and oxygen atoms in total. The van der Waals surface area contributed by atoms with E-state index in [0.717, 1.165) is 0 Å². The Morgan fingerprint density at radius 1 is 1.17 bits per heavy atom. The maximum atomic E-state index is 9.04. The van der Waals surface area contributed by atoms with Gasteiger partial charge in [-0.1, -0.05) is 12.2 Å². The second kappa shape index (κ2) is 4.63. The third kappa shape index (κ3) is 2.95. The van der Waals surface area contributed by atoms with Crippen LogP contribution in [0.15, 0.2) is 12.2 Å². The van der Waals surface area contributed by atoms with Gasteiger partial charge in [0.05, 0.1) is 6.10 Å². The van der Waals surface area contributed by atoms with Crippen LogP contribution < -0.4 is 0 Å². The highest BCUT2D eigenvalue weighted by atomic mass is 16.3. The monoisotopic (exact) mass is 169 g/mol. The van der Waals surface area contributed by atoms with Gasteiger partial charge in [0, 0.05) is 6.04 Å². The molecule has 2 heteroatoms. The van der Waals surface area contributed by atoms with E-state index in [4.69, 9.17) is 5.11 Å². The van der Waals surface area contributed by atoms with E-state index in [1.165, 1.54) is 25.9 Å². The lowest BCUT2D eigenvalue weighted by Crippen LogP contribution is -2.28. The molecule has 0 aromatic rings. The molecular formula is C10H19NO. The van der Waals surface area contributed by atoms with Crippen molar-refractivity contribution in [1.29, 1.82) is 0 Å². The van der Waals surface area contributed by atoms with Gasteiger partial charge >= 0.3 is 0 Å². The molecule has 0 amide bonds. The molecule has 2 atom stereocenters. The molecule has 0 radical (unpaired) electrons. The Hall–Kier alpha value is -0.340. The van der Waals surface area contributed by atoms with Gasteiger partial charge in [-0.25, -0.2) is 0 Å². The van der Waals surface area contributed by atoms with Gasteiger partial charge in [0.1, 0.15) is 0 Å². The smallest absolute Gasteiger partial charge is 0.0693 e. The number of aliphatic hydroxyl groups is 1. The molecule has 0 bridgehead atoms. The number of aliphatic hydroxyl groups excluding tert-OH is 1. The maximum absolute atomic E-state index is 9.04. The second-order valence-electron chi connectivity index (χ2n) is 3.61. The molecule has 0 saturated carbocycles. The summed E-state index contributed by atoms with van der Waals surface area (Å²) in [6, 6.07) is 0.488. The summed E-state index contributed by atoms with van der Waals surface area (Å²) in [6.45, 7) is 6.40. The molecule has 70 valence electrons. The minimum Gasteiger partial charge on any atom is -0.389 e. The van der Waals surface area contributed by atoms with Crippen molar-refractivity contribution in [3.8, 4) is 0 Å². The number of nitrogens with zero attached hydrogens (tertiary/aromatic N) is 1. The molecule has 0 aromatic carbocycles. The van der Waals surface area contributed by atoms with E-state index < -0.39 is 0 Å². The van der Waals surface area contributed by atoms with Crippen LogP contribution in [-0.2, 0) is 0 Å². The van der Waals surface area contributed by atoms with Crippen molar-refractivity contribution in [2.45, 2.75) is 38.8 Å². The third-order valence-corrected chi connectivity index (χ3v) is 2.38. The Balaban J connectivity index is 2.31. The summed E-state index contributed by atoms with van der Waals surface area (Å²) in [7, 11) is 0. The van der Waals surface area contributed by atoms with Crippen molar-refractivity contribution in [2.75, 3.05) is 13.1 Å². The summed E-state index contributed by atoms with van der Waals surface area (Å²) in [5, 5.41) is 9.04. The molecule has 1 aliphatic heterocycles. The lowest BCUT2D eigenvalue weighted by Gasteiger charge is -2.20. The van der Waals surface area contributed by atoms with E-state index in [2.05, 4.69) is 17.9 Å². The average Bonchev–Trinajstić information content (AvgIpc) is 2.51. The zero-order chi connectivity index (χ0) is 8.97. The van der Waals surface area contributed by atoms with Crippen LogP contribution in [0.5, 0.6) is 0 Å². The molecule has 1 saturated heterocycles. The van der Waals surface area contributed by atoms with Gasteiger partial charge in [-0.05, 0) is 39.8 Å². The third-order valence-electron chi connectivity index (χ3n) is 2.38. The van der Waals surface area contributed by atoms with E-state index in [-0.39, 0.29) is 6.10 Å². The topological polar surface area (TPSA) is 23.5 Å². The van der Waals surface area contributed by atoms with Gasteiger partial charge in [-0.2, -0.15) is 0 Å². The van der Waals surface area contributed by atoms with Gasteiger partial charge < -0.3 is 5.11 Å². The first kappa shape index (κ1) is 9.75. The van der Waals surface area contributed by atoms with Crippen LogP contribution in [0, 0.1) is 0 Å². The fraction of sp³-hybridized carbons (Fsp3) is 0.800. The second-order valence-corrected chi connectivity index (χ2v) is 3.61. The van der Waals surface area contributed by atoms with Gasteiger partial charge in [-0.15, -0.1) is 0 Å². The molecule has 1 aliphatic rings. The van der Waals surface area contributed by atoms with Crippen molar-refractivity contribution >= 4 is 0 Å². The number of rotatable bonds is 3. The Kier molecular flexibility index (Phi) is 3.76. The fourth-order valence-electron chi connectivity index (χ4n) is 1.59. The summed E-state index contributed by atoms with van der Waals surface area (Å²) < 4.78 is 0. The zero-order valence-corrected chi connectivity index (χ0v) is 8.03. The Bertz CT molecular complexity index is 148. The van der Waals surface area contributed by atoms with Crippen LogP contribution in [0.4, 0.5) is 0 Å². The van der Waals surface area contributed by atoms with Crippen molar-refractivity contribution < 1.29 is 5.11 Å². The lowest BCUT2D eigenvalue weighted by molar-refractivity contribution is 0.240. The van der Waals surface area contributed by atoms with Crippen molar-refractivity contribution in [2.24, 2.45) is 0 Å². The average molecular weight is 169 g/mol. The van der Waals surface area contributed by atoms with Crippen LogP contribution in [0.3, 0.4) is 0 Å². The molecule has 1 N–H and O–H groups in total. The first-order chi connectivity index (χ1) is 5.70. The Morgan fingerprint density at radius 3 is 2.25 bits per heavy atom. The first-order valence-corrected chi connectivity index (χ1v) is 4.80. The van der Waals surface area contributed by atoms with E-state index in [0.29, 0.717) is 6.04 Å². The summed E-state index contributed by atoms with van der Waals surface area (Å²) >= 11 is 0. The quantitative estimate of drug-likeness (QED) is 0.646. The number of hydrogen-bond acceptors (Lipinski definition) is 2. The van der Waals surface area contributed by atoms with E-state index in [1.807, 2.05) is 6.08 Å². The maximum Gasteiger partial charge on any atom is 0.0693 e. The van der Waals surface area contributed by atoms with Crippen molar-refractivity contribution in [3.63, 3.8) is 0 Å². The first-order valence-electron chi connectivity index (χ1n) is 4.80. The minimum atomic E-state index is -0.310. The molecule has 1 rings (SSSR count). The van der Waals surface area contributed by atoms with E-state index in [1.54, 1.807) is 6.92 Å². The Morgan fingerprint density at radius 2 is 1.75 bits per heavy atom. The number of hydrogen-bond donors (Lipinski definition) is 1. The summed E-state index contributed by atoms with van der Waals surface area (Å²) in [6.07, 6.45) is 6.30. The van der Waals surface area contributed by atoms with Crippen LogP contribution in [0.2, 0.25) is 0 Å². The predicted octanol–water partition coefficient (Wildman–Crippen LogP) is 1.41. The van der Waals surface area contributed by atoms with E-state index in [9.17, 15) is 0 Å². The SMILES string of the molecule is CC(O)/C=C/[C@H](C)N1CCCC1. The summed E-state index contributed by atoms with van der Waals surface area (Å²) in [5.74, 6) is 0. The molecule has 0 aromatic heterocycles. The largest absolute Gasteiger partial charge is 0.389 e. The van der Waals surface area contributed by atoms with Gasteiger partial charge in [0.15, 0.2) is 0 Å². The van der Waals surface area contributed by atoms with Crippen LogP contribution >= 0.6 is 0 Å². The standard InChI is InChI=1S/C10H19NO/c1-9(5-6-10(2)12)11-7-3-4-8-11/h5-6,9-10,12H,3-4,7-8H2,1-2H3/b6-5+/t9-,10?/m0/s1. The molecular weight excluding hydrogens is 150 g/mol. The van der Waals surface area contributed by atoms with Crippen LogP contribution in [0.25, 0.3) is 0 Å². The molecule has 12 heavy (non-hydrogen) atoms. The molecule has 1 unspecified atom stereocenters. The van der Waals surface area contributed by atoms with Gasteiger partial charge in [0.2, 0.25) is 0 Å². The van der Waals surface area contributed by atoms with Gasteiger partial charge in [-0.3, -0.25) is 4.90 Å². The zero-order valence-electron chi connectivity index (χ0n) is 8.03. The molecule has 0 spiro atoms. The molecule has 0 aliphatic carbocycles. The highest BCUT2D eigenvalue weighted by Gasteiger charge is 2.15.